The van der Waals surface area contributed by atoms with Crippen LogP contribution in [0.15, 0.2) is 78.9 Å². The Morgan fingerprint density at radius 1 is 0.966 bits per heavy atom. The Balaban J connectivity index is 1.50. The van der Waals surface area contributed by atoms with Gasteiger partial charge in [-0.1, -0.05) is 42.5 Å². The number of aromatic hydroxyl groups is 1. The highest BCUT2D eigenvalue weighted by molar-refractivity contribution is 5.69. The lowest BCUT2D eigenvalue weighted by Gasteiger charge is -2.38. The summed E-state index contributed by atoms with van der Waals surface area (Å²) < 4.78 is 5.33. The molecule has 0 fully saturated rings. The molecule has 3 atom stereocenters. The Labute approximate surface area is 170 Å². The van der Waals surface area contributed by atoms with E-state index in [1.807, 2.05) is 30.3 Å². The fourth-order valence-corrected chi connectivity index (χ4v) is 4.62. The van der Waals surface area contributed by atoms with E-state index in [9.17, 15) is 5.11 Å². The maximum atomic E-state index is 10.7. The average Bonchev–Trinajstić information content (AvgIpc) is 3.25. The highest BCUT2D eigenvalue weighted by Crippen LogP contribution is 2.52. The molecule has 0 amide bonds. The first-order chi connectivity index (χ1) is 14.2. The normalized spacial score (nSPS) is 21.8. The lowest BCUT2D eigenvalue weighted by molar-refractivity contribution is 0.358. The highest BCUT2D eigenvalue weighted by Gasteiger charge is 2.39. The van der Waals surface area contributed by atoms with E-state index >= 15 is 0 Å². The van der Waals surface area contributed by atoms with E-state index in [0.717, 1.165) is 29.0 Å². The molecule has 146 valence electrons. The first kappa shape index (κ1) is 17.7. The summed E-state index contributed by atoms with van der Waals surface area (Å²) in [6.45, 7) is 0. The van der Waals surface area contributed by atoms with Gasteiger partial charge < -0.3 is 20.5 Å². The lowest BCUT2D eigenvalue weighted by atomic mass is 9.76. The number of para-hydroxylation sites is 2. The molecule has 3 N–H and O–H groups in total. The summed E-state index contributed by atoms with van der Waals surface area (Å²) in [5.41, 5.74) is 5.46. The van der Waals surface area contributed by atoms with Gasteiger partial charge in [0, 0.05) is 28.5 Å². The fourth-order valence-electron chi connectivity index (χ4n) is 4.62. The van der Waals surface area contributed by atoms with Gasteiger partial charge in [-0.2, -0.15) is 0 Å². The SMILES string of the molecule is COc1cccc(C2Nc3ccc(Nc4ccccc4)cc3C3C=CCC32)c1O. The van der Waals surface area contributed by atoms with Gasteiger partial charge in [0.05, 0.1) is 13.2 Å². The molecule has 5 rings (SSSR count). The summed E-state index contributed by atoms with van der Waals surface area (Å²) in [7, 11) is 1.59. The molecule has 3 aromatic rings. The monoisotopic (exact) mass is 384 g/mol. The predicted molar refractivity (Wildman–Crippen MR) is 117 cm³/mol. The number of rotatable bonds is 4. The number of methoxy groups -OCH3 is 1. The quantitative estimate of drug-likeness (QED) is 0.485. The fraction of sp³-hybridized carbons (Fsp3) is 0.200. The Kier molecular flexibility index (Phi) is 4.39. The first-order valence-electron chi connectivity index (χ1n) is 9.99. The Morgan fingerprint density at radius 2 is 1.83 bits per heavy atom. The molecule has 29 heavy (non-hydrogen) atoms. The van der Waals surface area contributed by atoms with Crippen molar-refractivity contribution in [2.75, 3.05) is 17.7 Å². The minimum Gasteiger partial charge on any atom is -0.504 e. The zero-order chi connectivity index (χ0) is 19.8. The molecular weight excluding hydrogens is 360 g/mol. The molecule has 1 aliphatic heterocycles. The number of fused-ring (bicyclic) bond motifs is 3. The van der Waals surface area contributed by atoms with Crippen LogP contribution < -0.4 is 15.4 Å². The van der Waals surface area contributed by atoms with Crippen LogP contribution in [-0.2, 0) is 0 Å². The summed E-state index contributed by atoms with van der Waals surface area (Å²) in [6, 6.07) is 22.4. The summed E-state index contributed by atoms with van der Waals surface area (Å²) >= 11 is 0. The second-order valence-electron chi connectivity index (χ2n) is 7.67. The minimum absolute atomic E-state index is 0.0329. The summed E-state index contributed by atoms with van der Waals surface area (Å²) in [4.78, 5) is 0. The van der Waals surface area contributed by atoms with Crippen LogP contribution in [0.5, 0.6) is 11.5 Å². The third kappa shape index (κ3) is 3.11. The molecule has 4 heteroatoms. The van der Waals surface area contributed by atoms with E-state index in [0.29, 0.717) is 17.6 Å². The molecule has 4 nitrogen and oxygen atoms in total. The molecule has 3 aromatic carbocycles. The van der Waals surface area contributed by atoms with Gasteiger partial charge in [0.2, 0.25) is 0 Å². The van der Waals surface area contributed by atoms with Crippen molar-refractivity contribution in [1.29, 1.82) is 0 Å². The molecule has 0 saturated heterocycles. The number of ether oxygens (including phenoxy) is 1. The van der Waals surface area contributed by atoms with E-state index in [-0.39, 0.29) is 11.8 Å². The van der Waals surface area contributed by atoms with Crippen molar-refractivity contribution in [2.24, 2.45) is 5.92 Å². The molecule has 0 bridgehead atoms. The zero-order valence-corrected chi connectivity index (χ0v) is 16.3. The van der Waals surface area contributed by atoms with Crippen LogP contribution in [0.1, 0.15) is 29.5 Å². The van der Waals surface area contributed by atoms with Crippen LogP contribution in [-0.4, -0.2) is 12.2 Å². The van der Waals surface area contributed by atoms with E-state index < -0.39 is 0 Å². The van der Waals surface area contributed by atoms with E-state index in [1.54, 1.807) is 13.2 Å². The van der Waals surface area contributed by atoms with Crippen molar-refractivity contribution in [3.63, 3.8) is 0 Å². The van der Waals surface area contributed by atoms with Crippen molar-refractivity contribution < 1.29 is 9.84 Å². The minimum atomic E-state index is 0.0329. The number of nitrogens with one attached hydrogen (secondary N) is 2. The number of allylic oxidation sites excluding steroid dienone is 2. The Morgan fingerprint density at radius 3 is 2.66 bits per heavy atom. The third-order valence-electron chi connectivity index (χ3n) is 6.01. The molecular formula is C25H24N2O2. The molecule has 1 heterocycles. The van der Waals surface area contributed by atoms with Crippen LogP contribution in [0.2, 0.25) is 0 Å². The van der Waals surface area contributed by atoms with Crippen molar-refractivity contribution in [3.05, 3.63) is 90.0 Å². The van der Waals surface area contributed by atoms with Crippen molar-refractivity contribution in [2.45, 2.75) is 18.4 Å². The lowest BCUT2D eigenvalue weighted by Crippen LogP contribution is -2.29. The second-order valence-corrected chi connectivity index (χ2v) is 7.67. The number of anilines is 3. The summed E-state index contributed by atoms with van der Waals surface area (Å²) in [5.74, 6) is 1.41. The maximum Gasteiger partial charge on any atom is 0.163 e. The molecule has 1 aliphatic carbocycles. The van der Waals surface area contributed by atoms with Crippen molar-refractivity contribution >= 4 is 17.1 Å². The van der Waals surface area contributed by atoms with Gasteiger partial charge in [0.1, 0.15) is 0 Å². The van der Waals surface area contributed by atoms with Gasteiger partial charge in [0.15, 0.2) is 11.5 Å². The second kappa shape index (κ2) is 7.21. The largest absolute Gasteiger partial charge is 0.504 e. The summed E-state index contributed by atoms with van der Waals surface area (Å²) in [6.07, 6.45) is 5.54. The van der Waals surface area contributed by atoms with Crippen LogP contribution in [0, 0.1) is 5.92 Å². The smallest absolute Gasteiger partial charge is 0.163 e. The Hall–Kier alpha value is -3.40. The first-order valence-corrected chi connectivity index (χ1v) is 9.99. The van der Waals surface area contributed by atoms with Gasteiger partial charge >= 0.3 is 0 Å². The molecule has 0 saturated carbocycles. The highest BCUT2D eigenvalue weighted by atomic mass is 16.5. The number of hydrogen-bond donors (Lipinski definition) is 3. The number of benzene rings is 3. The standard InChI is InChI=1S/C25H24N2O2/c1-29-23-12-6-11-20(25(23)28)24-19-10-5-9-18(19)21-15-17(13-14-22(21)27-24)26-16-7-3-2-4-8-16/h2-9,11-15,18-19,24,26-28H,10H2,1H3. The van der Waals surface area contributed by atoms with E-state index in [2.05, 4.69) is 53.1 Å². The van der Waals surface area contributed by atoms with Gasteiger partial charge in [0.25, 0.3) is 0 Å². The van der Waals surface area contributed by atoms with Crippen LogP contribution in [0.25, 0.3) is 0 Å². The van der Waals surface area contributed by atoms with Gasteiger partial charge in [-0.05, 0) is 54.3 Å². The number of phenols is 1. The number of hydrogen-bond acceptors (Lipinski definition) is 4. The average molecular weight is 384 g/mol. The molecule has 0 aromatic heterocycles. The van der Waals surface area contributed by atoms with Crippen molar-refractivity contribution in [1.82, 2.24) is 0 Å². The van der Waals surface area contributed by atoms with Crippen LogP contribution in [0.4, 0.5) is 17.1 Å². The van der Waals surface area contributed by atoms with Crippen molar-refractivity contribution in [3.8, 4) is 11.5 Å². The predicted octanol–water partition coefficient (Wildman–Crippen LogP) is 5.97. The van der Waals surface area contributed by atoms with E-state index in [4.69, 9.17) is 4.74 Å². The molecule has 0 spiro atoms. The number of phenolic OH excluding ortho intramolecular Hbond substituents is 1. The van der Waals surface area contributed by atoms with E-state index in [1.165, 1.54) is 5.56 Å². The molecule has 0 radical (unpaired) electrons. The molecule has 2 aliphatic rings. The van der Waals surface area contributed by atoms with Gasteiger partial charge in [-0.15, -0.1) is 0 Å². The third-order valence-corrected chi connectivity index (χ3v) is 6.01. The van der Waals surface area contributed by atoms with Crippen LogP contribution >= 0.6 is 0 Å². The Bertz CT molecular complexity index is 1060. The maximum absolute atomic E-state index is 10.7. The van der Waals surface area contributed by atoms with Gasteiger partial charge in [-0.3, -0.25) is 0 Å². The molecule has 3 unspecified atom stereocenters. The zero-order valence-electron chi connectivity index (χ0n) is 16.3. The summed E-state index contributed by atoms with van der Waals surface area (Å²) in [5, 5.41) is 17.9. The van der Waals surface area contributed by atoms with Gasteiger partial charge in [-0.25, -0.2) is 0 Å². The topological polar surface area (TPSA) is 53.5 Å². The van der Waals surface area contributed by atoms with Crippen LogP contribution in [0.3, 0.4) is 0 Å².